The maximum absolute atomic E-state index is 9.39. The van der Waals surface area contributed by atoms with E-state index < -0.39 is 0 Å². The van der Waals surface area contributed by atoms with Gasteiger partial charge in [0.15, 0.2) is 16.7 Å². The van der Waals surface area contributed by atoms with Gasteiger partial charge in [0.2, 0.25) is 5.65 Å². The zero-order valence-corrected chi connectivity index (χ0v) is 12.4. The Morgan fingerprint density at radius 3 is 2.77 bits per heavy atom. The van der Waals surface area contributed by atoms with E-state index >= 15 is 0 Å². The Morgan fingerprint density at radius 2 is 2.00 bits per heavy atom. The van der Waals surface area contributed by atoms with Gasteiger partial charge < -0.3 is 14.7 Å². The second-order valence-corrected chi connectivity index (χ2v) is 5.40. The van der Waals surface area contributed by atoms with Crippen molar-refractivity contribution in [2.24, 2.45) is 0 Å². The van der Waals surface area contributed by atoms with Gasteiger partial charge in [-0.15, -0.1) is 15.3 Å². The number of ether oxygens (including phenoxy) is 1. The number of aromatic hydroxyl groups is 1. The lowest BCUT2D eigenvalue weighted by Gasteiger charge is -2.27. The van der Waals surface area contributed by atoms with Crippen molar-refractivity contribution in [3.8, 4) is 22.9 Å². The Bertz CT molecular complexity index is 862. The number of phenols is 1. The number of fused-ring (bicyclic) bond motifs is 3. The van der Waals surface area contributed by atoms with Gasteiger partial charge in [-0.1, -0.05) is 11.6 Å². The van der Waals surface area contributed by atoms with E-state index in [0.29, 0.717) is 29.0 Å². The van der Waals surface area contributed by atoms with Crippen molar-refractivity contribution in [2.75, 3.05) is 25.1 Å². The number of nitrogens with zero attached hydrogens (tertiary/aromatic N) is 5. The molecule has 0 atom stereocenters. The summed E-state index contributed by atoms with van der Waals surface area (Å²) in [6, 6.07) is 6.66. The van der Waals surface area contributed by atoms with E-state index in [9.17, 15) is 5.11 Å². The van der Waals surface area contributed by atoms with Crippen LogP contribution in [0.25, 0.3) is 17.0 Å². The van der Waals surface area contributed by atoms with Crippen molar-refractivity contribution >= 4 is 22.9 Å². The monoisotopic (exact) mass is 317 g/mol. The summed E-state index contributed by atoms with van der Waals surface area (Å²) in [5.41, 5.74) is 2.03. The van der Waals surface area contributed by atoms with E-state index in [-0.39, 0.29) is 5.75 Å². The number of hydrogen-bond donors (Lipinski definition) is 1. The molecule has 0 amide bonds. The molecule has 1 aromatic carbocycles. The SMILES string of the molecule is CN1CCOc2c1c(Cl)nn1c(-c3ccc(O)cc3)nnc21. The van der Waals surface area contributed by atoms with Gasteiger partial charge in [-0.25, -0.2) is 0 Å². The van der Waals surface area contributed by atoms with E-state index in [2.05, 4.69) is 15.3 Å². The van der Waals surface area contributed by atoms with Crippen LogP contribution >= 0.6 is 11.6 Å². The molecule has 112 valence electrons. The molecule has 1 aliphatic rings. The second-order valence-electron chi connectivity index (χ2n) is 5.04. The normalized spacial score (nSPS) is 14.0. The Morgan fingerprint density at radius 1 is 1.23 bits per heavy atom. The van der Waals surface area contributed by atoms with Crippen molar-refractivity contribution in [1.82, 2.24) is 19.8 Å². The van der Waals surface area contributed by atoms with E-state index in [0.717, 1.165) is 17.8 Å². The lowest BCUT2D eigenvalue weighted by Crippen LogP contribution is -2.30. The van der Waals surface area contributed by atoms with Crippen LogP contribution in [0.15, 0.2) is 24.3 Å². The van der Waals surface area contributed by atoms with E-state index in [4.69, 9.17) is 16.3 Å². The minimum absolute atomic E-state index is 0.186. The molecule has 8 heteroatoms. The maximum Gasteiger partial charge on any atom is 0.222 e. The molecule has 3 heterocycles. The van der Waals surface area contributed by atoms with Gasteiger partial charge in [0.05, 0.1) is 6.54 Å². The number of likely N-dealkylation sites (N-methyl/N-ethyl adjacent to an activating group) is 1. The van der Waals surface area contributed by atoms with Crippen LogP contribution in [0, 0.1) is 0 Å². The Labute approximate surface area is 130 Å². The summed E-state index contributed by atoms with van der Waals surface area (Å²) in [5.74, 6) is 1.31. The molecule has 0 bridgehead atoms. The first kappa shape index (κ1) is 13.1. The van der Waals surface area contributed by atoms with E-state index in [1.165, 1.54) is 0 Å². The number of phenolic OH excluding ortho intramolecular Hbond substituents is 1. The van der Waals surface area contributed by atoms with Crippen LogP contribution in [0.5, 0.6) is 11.5 Å². The standard InChI is InChI=1S/C14H12ClN5O2/c1-19-6-7-22-11-10(19)12(15)18-20-13(16-17-14(11)20)8-2-4-9(21)5-3-8/h2-5,21H,6-7H2,1H3. The van der Waals surface area contributed by atoms with Crippen LogP contribution < -0.4 is 9.64 Å². The first-order valence-electron chi connectivity index (χ1n) is 6.73. The topological polar surface area (TPSA) is 75.8 Å². The van der Waals surface area contributed by atoms with Gasteiger partial charge in [0.25, 0.3) is 0 Å². The Balaban J connectivity index is 1.97. The van der Waals surface area contributed by atoms with Gasteiger partial charge >= 0.3 is 0 Å². The molecular weight excluding hydrogens is 306 g/mol. The molecule has 0 radical (unpaired) electrons. The zero-order chi connectivity index (χ0) is 15.3. The first-order valence-corrected chi connectivity index (χ1v) is 7.11. The molecule has 1 aliphatic heterocycles. The van der Waals surface area contributed by atoms with Crippen LogP contribution in [0.3, 0.4) is 0 Å². The summed E-state index contributed by atoms with van der Waals surface area (Å²) in [6.45, 7) is 1.30. The third-order valence-corrected chi connectivity index (χ3v) is 3.88. The second kappa shape index (κ2) is 4.74. The Kier molecular flexibility index (Phi) is 2.83. The predicted molar refractivity (Wildman–Crippen MR) is 81.7 cm³/mol. The maximum atomic E-state index is 9.39. The van der Waals surface area contributed by atoms with Crippen LogP contribution in [0.1, 0.15) is 0 Å². The molecular formula is C14H12ClN5O2. The first-order chi connectivity index (χ1) is 10.6. The number of hydrogen-bond acceptors (Lipinski definition) is 6. The molecule has 3 aromatic rings. The fourth-order valence-electron chi connectivity index (χ4n) is 2.50. The zero-order valence-electron chi connectivity index (χ0n) is 11.7. The molecule has 0 spiro atoms. The largest absolute Gasteiger partial charge is 0.508 e. The molecule has 0 fully saturated rings. The molecule has 4 rings (SSSR count). The summed E-state index contributed by atoms with van der Waals surface area (Å²) in [5, 5.41) is 22.5. The highest BCUT2D eigenvalue weighted by Gasteiger charge is 2.26. The van der Waals surface area contributed by atoms with Crippen molar-refractivity contribution in [2.45, 2.75) is 0 Å². The summed E-state index contributed by atoms with van der Waals surface area (Å²) in [7, 11) is 1.93. The molecule has 1 N–H and O–H groups in total. The number of halogens is 1. The average molecular weight is 318 g/mol. The number of anilines is 1. The predicted octanol–water partition coefficient (Wildman–Crippen LogP) is 1.98. The van der Waals surface area contributed by atoms with Gasteiger partial charge in [0.1, 0.15) is 18.0 Å². The van der Waals surface area contributed by atoms with Gasteiger partial charge in [-0.05, 0) is 24.3 Å². The molecule has 22 heavy (non-hydrogen) atoms. The van der Waals surface area contributed by atoms with Crippen molar-refractivity contribution in [1.29, 1.82) is 0 Å². The highest BCUT2D eigenvalue weighted by molar-refractivity contribution is 6.32. The fraction of sp³-hybridized carbons (Fsp3) is 0.214. The van der Waals surface area contributed by atoms with Crippen molar-refractivity contribution in [3.05, 3.63) is 29.4 Å². The summed E-state index contributed by atoms with van der Waals surface area (Å²) in [4.78, 5) is 1.99. The average Bonchev–Trinajstić information content (AvgIpc) is 2.92. The minimum atomic E-state index is 0.186. The van der Waals surface area contributed by atoms with Gasteiger partial charge in [0, 0.05) is 12.6 Å². The number of aromatic nitrogens is 4. The van der Waals surface area contributed by atoms with Crippen molar-refractivity contribution in [3.63, 3.8) is 0 Å². The molecule has 0 saturated carbocycles. The van der Waals surface area contributed by atoms with Crippen molar-refractivity contribution < 1.29 is 9.84 Å². The van der Waals surface area contributed by atoms with E-state index in [1.54, 1.807) is 28.8 Å². The fourth-order valence-corrected chi connectivity index (χ4v) is 2.81. The smallest absolute Gasteiger partial charge is 0.222 e. The van der Waals surface area contributed by atoms with Gasteiger partial charge in [-0.2, -0.15) is 4.52 Å². The summed E-state index contributed by atoms with van der Waals surface area (Å²) in [6.07, 6.45) is 0. The van der Waals surface area contributed by atoms with Crippen LogP contribution in [-0.2, 0) is 0 Å². The molecule has 0 aliphatic carbocycles. The molecule has 7 nitrogen and oxygen atoms in total. The minimum Gasteiger partial charge on any atom is -0.508 e. The number of benzene rings is 1. The quantitative estimate of drug-likeness (QED) is 0.739. The van der Waals surface area contributed by atoms with Crippen LogP contribution in [0.2, 0.25) is 5.15 Å². The number of rotatable bonds is 1. The van der Waals surface area contributed by atoms with Gasteiger partial charge in [-0.3, -0.25) is 0 Å². The Hall–Kier alpha value is -2.54. The molecule has 0 unspecified atom stereocenters. The highest BCUT2D eigenvalue weighted by Crippen LogP contribution is 2.39. The lowest BCUT2D eigenvalue weighted by atomic mass is 10.2. The summed E-state index contributed by atoms with van der Waals surface area (Å²) >= 11 is 6.31. The third-order valence-electron chi connectivity index (χ3n) is 3.62. The van der Waals surface area contributed by atoms with Crippen LogP contribution in [-0.4, -0.2) is 45.1 Å². The highest BCUT2D eigenvalue weighted by atomic mass is 35.5. The molecule has 2 aromatic heterocycles. The molecule has 0 saturated heterocycles. The third kappa shape index (κ3) is 1.86. The summed E-state index contributed by atoms with van der Waals surface area (Å²) < 4.78 is 7.29. The lowest BCUT2D eigenvalue weighted by molar-refractivity contribution is 0.312. The van der Waals surface area contributed by atoms with Crippen LogP contribution in [0.4, 0.5) is 5.69 Å². The van der Waals surface area contributed by atoms with E-state index in [1.807, 2.05) is 11.9 Å².